The van der Waals surface area contributed by atoms with Gasteiger partial charge in [0.15, 0.2) is 0 Å². The van der Waals surface area contributed by atoms with Crippen molar-refractivity contribution >= 4 is 57.9 Å². The molecule has 122 valence electrons. The van der Waals surface area contributed by atoms with Crippen LogP contribution in [0.5, 0.6) is 0 Å². The lowest BCUT2D eigenvalue weighted by Crippen LogP contribution is -2.33. The Morgan fingerprint density at radius 3 is 2.83 bits per heavy atom. The van der Waals surface area contributed by atoms with Crippen LogP contribution in [-0.4, -0.2) is 37.3 Å². The molecule has 2 heterocycles. The highest BCUT2D eigenvalue weighted by atomic mass is 35.5. The van der Waals surface area contributed by atoms with Crippen molar-refractivity contribution in [2.24, 2.45) is 0 Å². The predicted octanol–water partition coefficient (Wildman–Crippen LogP) is 3.42. The number of benzene rings is 1. The number of halogens is 1. The van der Waals surface area contributed by atoms with Gasteiger partial charge in [-0.2, -0.15) is 0 Å². The van der Waals surface area contributed by atoms with Crippen molar-refractivity contribution in [2.75, 3.05) is 6.54 Å². The number of thioether (sulfide) groups is 1. The lowest BCUT2D eigenvalue weighted by molar-refractivity contribution is -0.140. The van der Waals surface area contributed by atoms with Gasteiger partial charge in [0.05, 0.1) is 4.91 Å². The van der Waals surface area contributed by atoms with E-state index >= 15 is 0 Å². The zero-order chi connectivity index (χ0) is 17.3. The molecule has 5 nitrogen and oxygen atoms in total. The van der Waals surface area contributed by atoms with E-state index in [4.69, 9.17) is 28.9 Å². The minimum Gasteiger partial charge on any atom is -0.480 e. The Morgan fingerprint density at radius 2 is 2.12 bits per heavy atom. The number of carbonyl (C=O) groups excluding carboxylic acids is 1. The molecule has 1 aliphatic rings. The van der Waals surface area contributed by atoms with E-state index in [2.05, 4.69) is 0 Å². The molecule has 0 unspecified atom stereocenters. The van der Waals surface area contributed by atoms with Crippen LogP contribution in [-0.2, 0) is 9.59 Å². The molecule has 0 radical (unpaired) electrons. The molecule has 8 heteroatoms. The second-order valence-corrected chi connectivity index (χ2v) is 7.06. The maximum Gasteiger partial charge on any atom is 0.323 e. The number of aliphatic carboxylic acids is 1. The van der Waals surface area contributed by atoms with E-state index in [9.17, 15) is 9.59 Å². The minimum atomic E-state index is -1.10. The van der Waals surface area contributed by atoms with Crippen LogP contribution < -0.4 is 0 Å². The number of hydrogen-bond acceptors (Lipinski definition) is 4. The highest BCUT2D eigenvalue weighted by Crippen LogP contribution is 2.32. The monoisotopic (exact) mass is 378 g/mol. The fourth-order valence-corrected chi connectivity index (χ4v) is 3.70. The summed E-state index contributed by atoms with van der Waals surface area (Å²) < 4.78 is 2.13. The van der Waals surface area contributed by atoms with Gasteiger partial charge >= 0.3 is 5.97 Å². The number of carboxylic acid groups (broad SMARTS) is 1. The first-order chi connectivity index (χ1) is 11.5. The van der Waals surface area contributed by atoms with Gasteiger partial charge in [0, 0.05) is 22.6 Å². The summed E-state index contributed by atoms with van der Waals surface area (Å²) in [6, 6.07) is 11.0. The number of rotatable bonds is 4. The van der Waals surface area contributed by atoms with Gasteiger partial charge in [0.2, 0.25) is 0 Å². The van der Waals surface area contributed by atoms with Crippen LogP contribution in [0.2, 0.25) is 5.02 Å². The molecule has 1 aromatic heterocycles. The van der Waals surface area contributed by atoms with Crippen molar-refractivity contribution in [2.45, 2.75) is 0 Å². The number of thiocarbonyl (C=S) groups is 1. The molecule has 1 aliphatic heterocycles. The summed E-state index contributed by atoms with van der Waals surface area (Å²) in [5.41, 5.74) is 1.63. The van der Waals surface area contributed by atoms with Crippen LogP contribution in [0.15, 0.2) is 47.5 Å². The largest absolute Gasteiger partial charge is 0.480 e. The van der Waals surface area contributed by atoms with Gasteiger partial charge in [-0.3, -0.25) is 14.5 Å². The number of aromatic nitrogens is 1. The first-order valence-corrected chi connectivity index (χ1v) is 8.46. The summed E-state index contributed by atoms with van der Waals surface area (Å²) in [5.74, 6) is -1.50. The number of carboxylic acids is 1. The SMILES string of the molecule is O=C(O)CN1C(=O)/C(=C/c2cccn2-c2cccc(Cl)c2)SC1=S. The molecule has 0 saturated carbocycles. The number of carbonyl (C=O) groups is 2. The molecule has 0 bridgehead atoms. The third kappa shape index (κ3) is 3.38. The van der Waals surface area contributed by atoms with E-state index in [1.54, 1.807) is 12.1 Å². The zero-order valence-electron chi connectivity index (χ0n) is 12.2. The molecule has 1 fully saturated rings. The summed E-state index contributed by atoms with van der Waals surface area (Å²) in [6.07, 6.45) is 3.55. The molecule has 1 aromatic carbocycles. The van der Waals surface area contributed by atoms with E-state index in [0.29, 0.717) is 9.93 Å². The van der Waals surface area contributed by atoms with Gasteiger partial charge in [-0.15, -0.1) is 0 Å². The first kappa shape index (κ1) is 16.8. The highest BCUT2D eigenvalue weighted by Gasteiger charge is 2.33. The van der Waals surface area contributed by atoms with Crippen molar-refractivity contribution in [3.05, 3.63) is 58.2 Å². The lowest BCUT2D eigenvalue weighted by atomic mass is 10.3. The molecule has 3 rings (SSSR count). The van der Waals surface area contributed by atoms with Crippen molar-refractivity contribution in [1.82, 2.24) is 9.47 Å². The van der Waals surface area contributed by atoms with Crippen LogP contribution in [0.25, 0.3) is 11.8 Å². The summed E-state index contributed by atoms with van der Waals surface area (Å²) in [6.45, 7) is -0.433. The first-order valence-electron chi connectivity index (χ1n) is 6.86. The summed E-state index contributed by atoms with van der Waals surface area (Å²) in [4.78, 5) is 24.7. The smallest absolute Gasteiger partial charge is 0.323 e. The van der Waals surface area contributed by atoms with Gasteiger partial charge in [0.25, 0.3) is 5.91 Å². The van der Waals surface area contributed by atoms with Gasteiger partial charge in [0.1, 0.15) is 10.9 Å². The fourth-order valence-electron chi connectivity index (χ4n) is 2.28. The van der Waals surface area contributed by atoms with Gasteiger partial charge in [-0.1, -0.05) is 41.6 Å². The summed E-state index contributed by atoms with van der Waals surface area (Å²) in [7, 11) is 0. The van der Waals surface area contributed by atoms with Crippen molar-refractivity contribution in [1.29, 1.82) is 0 Å². The second kappa shape index (κ2) is 6.80. The Kier molecular flexibility index (Phi) is 4.75. The molecule has 1 N–H and O–H groups in total. The molecule has 1 saturated heterocycles. The molecule has 0 atom stereocenters. The quantitative estimate of drug-likeness (QED) is 0.652. The Hall–Kier alpha value is -2.09. The Bertz CT molecular complexity index is 876. The minimum absolute atomic E-state index is 0.245. The molecule has 0 aliphatic carbocycles. The van der Waals surface area contributed by atoms with E-state index in [-0.39, 0.29) is 4.32 Å². The van der Waals surface area contributed by atoms with Crippen molar-refractivity contribution in [3.63, 3.8) is 0 Å². The van der Waals surface area contributed by atoms with Gasteiger partial charge in [-0.05, 0) is 36.4 Å². The molecular weight excluding hydrogens is 368 g/mol. The Balaban J connectivity index is 1.93. The molecule has 24 heavy (non-hydrogen) atoms. The predicted molar refractivity (Wildman–Crippen MR) is 98.3 cm³/mol. The van der Waals surface area contributed by atoms with Crippen molar-refractivity contribution < 1.29 is 14.7 Å². The molecule has 0 spiro atoms. The van der Waals surface area contributed by atoms with E-state index < -0.39 is 18.4 Å². The zero-order valence-corrected chi connectivity index (χ0v) is 14.6. The lowest BCUT2D eigenvalue weighted by Gasteiger charge is -2.10. The summed E-state index contributed by atoms with van der Waals surface area (Å²) >= 11 is 12.2. The number of nitrogens with zero attached hydrogens (tertiary/aromatic N) is 2. The van der Waals surface area contributed by atoms with E-state index in [0.717, 1.165) is 28.0 Å². The van der Waals surface area contributed by atoms with E-state index in [1.807, 2.05) is 41.1 Å². The maximum atomic E-state index is 12.3. The average Bonchev–Trinajstić information content (AvgIpc) is 3.08. The van der Waals surface area contributed by atoms with Gasteiger partial charge < -0.3 is 9.67 Å². The molecule has 2 aromatic rings. The van der Waals surface area contributed by atoms with E-state index in [1.165, 1.54) is 0 Å². The van der Waals surface area contributed by atoms with Gasteiger partial charge in [-0.25, -0.2) is 0 Å². The Morgan fingerprint density at radius 1 is 1.33 bits per heavy atom. The topological polar surface area (TPSA) is 62.5 Å². The fraction of sp³-hybridized carbons (Fsp3) is 0.0625. The second-order valence-electron chi connectivity index (χ2n) is 4.94. The third-order valence-electron chi connectivity index (χ3n) is 3.31. The van der Waals surface area contributed by atoms with Crippen LogP contribution in [0.3, 0.4) is 0 Å². The number of hydrogen-bond donors (Lipinski definition) is 1. The van der Waals surface area contributed by atoms with Crippen molar-refractivity contribution in [3.8, 4) is 5.69 Å². The van der Waals surface area contributed by atoms with Crippen LogP contribution in [0.4, 0.5) is 0 Å². The van der Waals surface area contributed by atoms with Crippen LogP contribution >= 0.6 is 35.6 Å². The number of amides is 1. The van der Waals surface area contributed by atoms with Crippen LogP contribution in [0, 0.1) is 0 Å². The third-order valence-corrected chi connectivity index (χ3v) is 4.93. The van der Waals surface area contributed by atoms with Crippen LogP contribution in [0.1, 0.15) is 5.69 Å². The summed E-state index contributed by atoms with van der Waals surface area (Å²) in [5, 5.41) is 9.48. The Labute approximate surface area is 152 Å². The molecule has 1 amide bonds. The highest BCUT2D eigenvalue weighted by molar-refractivity contribution is 8.26. The maximum absolute atomic E-state index is 12.3. The normalized spacial score (nSPS) is 16.2. The average molecular weight is 379 g/mol. The molecular formula is C16H11ClN2O3S2. The standard InChI is InChI=1S/C16H11ClN2O3S2/c17-10-3-1-4-11(7-10)18-6-2-5-12(18)8-13-15(22)19(9-14(20)21)16(23)24-13/h1-8H,9H2,(H,20,21)/b13-8-.